The summed E-state index contributed by atoms with van der Waals surface area (Å²) >= 11 is 0. The van der Waals surface area contributed by atoms with Gasteiger partial charge in [0.15, 0.2) is 11.6 Å². The van der Waals surface area contributed by atoms with Crippen molar-refractivity contribution in [1.82, 2.24) is 29.3 Å². The van der Waals surface area contributed by atoms with Crippen molar-refractivity contribution in [2.75, 3.05) is 5.32 Å². The molecule has 0 amide bonds. The van der Waals surface area contributed by atoms with Gasteiger partial charge < -0.3 is 9.88 Å². The van der Waals surface area contributed by atoms with Crippen molar-refractivity contribution in [2.45, 2.75) is 6.92 Å². The average Bonchev–Trinajstić information content (AvgIpc) is 3.34. The van der Waals surface area contributed by atoms with E-state index in [1.54, 1.807) is 18.5 Å². The predicted molar refractivity (Wildman–Crippen MR) is 113 cm³/mol. The van der Waals surface area contributed by atoms with Crippen LogP contribution >= 0.6 is 0 Å². The van der Waals surface area contributed by atoms with Gasteiger partial charge in [-0.2, -0.15) is 0 Å². The van der Waals surface area contributed by atoms with E-state index in [4.69, 9.17) is 4.98 Å². The van der Waals surface area contributed by atoms with Crippen LogP contribution in [0.25, 0.3) is 28.2 Å². The zero-order chi connectivity index (χ0) is 20.7. The first-order chi connectivity index (χ1) is 14.6. The lowest BCUT2D eigenvalue weighted by molar-refractivity contribution is 0.628. The molecule has 3 aromatic heterocycles. The van der Waals surface area contributed by atoms with Crippen LogP contribution in [-0.2, 0) is 7.05 Å². The molecule has 0 fully saturated rings. The van der Waals surface area contributed by atoms with Crippen LogP contribution in [0.4, 0.5) is 15.9 Å². The van der Waals surface area contributed by atoms with Crippen LogP contribution < -0.4 is 5.32 Å². The van der Waals surface area contributed by atoms with Gasteiger partial charge >= 0.3 is 0 Å². The van der Waals surface area contributed by atoms with Crippen LogP contribution in [0.3, 0.4) is 0 Å². The van der Waals surface area contributed by atoms with Gasteiger partial charge in [0.25, 0.3) is 0 Å². The standard InChI is InChI=1S/C22H18FN7/c1-14-12-30(13-24-14)20-11-10-19(27-28-20)25-17-4-3-5-18-21(17)26-22(29(18)2)15-6-8-16(23)9-7-15/h3-13H,1-2H3,(H,25,27). The fourth-order valence-electron chi connectivity index (χ4n) is 3.39. The van der Waals surface area contributed by atoms with E-state index in [1.165, 1.54) is 12.1 Å². The minimum atomic E-state index is -0.271. The van der Waals surface area contributed by atoms with E-state index >= 15 is 0 Å². The summed E-state index contributed by atoms with van der Waals surface area (Å²) in [5.74, 6) is 1.79. The number of imidazole rings is 2. The molecule has 3 heterocycles. The first kappa shape index (κ1) is 18.0. The second kappa shape index (κ2) is 7.07. The highest BCUT2D eigenvalue weighted by atomic mass is 19.1. The molecule has 1 N–H and O–H groups in total. The van der Waals surface area contributed by atoms with E-state index < -0.39 is 0 Å². The molecule has 0 aliphatic carbocycles. The third kappa shape index (κ3) is 3.18. The highest BCUT2D eigenvalue weighted by Crippen LogP contribution is 2.29. The molecule has 7 nitrogen and oxygen atoms in total. The van der Waals surface area contributed by atoms with Gasteiger partial charge in [-0.25, -0.2) is 14.4 Å². The van der Waals surface area contributed by atoms with Gasteiger partial charge in [0.1, 0.15) is 23.5 Å². The molecule has 0 saturated heterocycles. The summed E-state index contributed by atoms with van der Waals surface area (Å²) in [6, 6.07) is 16.0. The highest BCUT2D eigenvalue weighted by molar-refractivity contribution is 5.92. The van der Waals surface area contributed by atoms with E-state index in [9.17, 15) is 4.39 Å². The number of para-hydroxylation sites is 1. The molecule has 0 saturated carbocycles. The van der Waals surface area contributed by atoms with Crippen molar-refractivity contribution in [3.05, 3.63) is 78.6 Å². The van der Waals surface area contributed by atoms with Gasteiger partial charge in [-0.15, -0.1) is 10.2 Å². The third-order valence-corrected chi connectivity index (χ3v) is 4.90. The number of hydrogen-bond donors (Lipinski definition) is 1. The smallest absolute Gasteiger partial charge is 0.160 e. The quantitative estimate of drug-likeness (QED) is 0.485. The summed E-state index contributed by atoms with van der Waals surface area (Å²) in [5, 5.41) is 11.8. The Morgan fingerprint density at radius 3 is 2.50 bits per heavy atom. The molecule has 0 aliphatic rings. The second-order valence-electron chi connectivity index (χ2n) is 7.00. The van der Waals surface area contributed by atoms with E-state index in [0.717, 1.165) is 33.8 Å². The van der Waals surface area contributed by atoms with Crippen LogP contribution in [0.15, 0.2) is 67.1 Å². The minimum absolute atomic E-state index is 0.271. The number of anilines is 2. The number of nitrogens with one attached hydrogen (secondary N) is 1. The molecule has 30 heavy (non-hydrogen) atoms. The Morgan fingerprint density at radius 1 is 0.967 bits per heavy atom. The maximum absolute atomic E-state index is 13.3. The number of aryl methyl sites for hydroxylation is 2. The largest absolute Gasteiger partial charge is 0.337 e. The monoisotopic (exact) mass is 399 g/mol. The molecule has 148 valence electrons. The number of nitrogens with zero attached hydrogens (tertiary/aromatic N) is 6. The average molecular weight is 399 g/mol. The summed E-state index contributed by atoms with van der Waals surface area (Å²) in [7, 11) is 1.94. The number of aromatic nitrogens is 6. The van der Waals surface area contributed by atoms with Crippen LogP contribution in [0, 0.1) is 12.7 Å². The summed E-state index contributed by atoms with van der Waals surface area (Å²) in [6.07, 6.45) is 3.60. The predicted octanol–water partition coefficient (Wildman–Crippen LogP) is 4.41. The molecule has 0 unspecified atom stereocenters. The van der Waals surface area contributed by atoms with Crippen molar-refractivity contribution in [3.63, 3.8) is 0 Å². The molecule has 0 bridgehead atoms. The molecule has 0 aliphatic heterocycles. The molecule has 0 spiro atoms. The van der Waals surface area contributed by atoms with Crippen molar-refractivity contribution in [2.24, 2.45) is 7.05 Å². The van der Waals surface area contributed by atoms with Crippen molar-refractivity contribution < 1.29 is 4.39 Å². The molecular weight excluding hydrogens is 381 g/mol. The van der Waals surface area contributed by atoms with Gasteiger partial charge in [0.05, 0.1) is 16.9 Å². The Bertz CT molecular complexity index is 1330. The Balaban J connectivity index is 1.49. The number of benzene rings is 2. The topological polar surface area (TPSA) is 73.5 Å². The lowest BCUT2D eigenvalue weighted by Crippen LogP contribution is -2.00. The molecular formula is C22H18FN7. The fraction of sp³-hybridized carbons (Fsp3) is 0.0909. The van der Waals surface area contributed by atoms with Crippen LogP contribution in [0.5, 0.6) is 0 Å². The Hall–Kier alpha value is -4.07. The zero-order valence-corrected chi connectivity index (χ0v) is 16.4. The normalized spacial score (nSPS) is 11.2. The fourth-order valence-corrected chi connectivity index (χ4v) is 3.39. The SMILES string of the molecule is Cc1cn(-c2ccc(Nc3cccc4c3nc(-c3ccc(F)cc3)n4C)nn2)cn1. The van der Waals surface area contributed by atoms with Gasteiger partial charge in [-0.3, -0.25) is 4.57 Å². The number of hydrogen-bond acceptors (Lipinski definition) is 5. The van der Waals surface area contributed by atoms with E-state index in [-0.39, 0.29) is 5.82 Å². The van der Waals surface area contributed by atoms with Crippen LogP contribution in [0.1, 0.15) is 5.69 Å². The Kier molecular flexibility index (Phi) is 4.24. The first-order valence-electron chi connectivity index (χ1n) is 9.41. The lowest BCUT2D eigenvalue weighted by Gasteiger charge is -2.07. The van der Waals surface area contributed by atoms with Crippen LogP contribution in [-0.4, -0.2) is 29.3 Å². The van der Waals surface area contributed by atoms with E-state index in [2.05, 4.69) is 20.5 Å². The highest BCUT2D eigenvalue weighted by Gasteiger charge is 2.13. The minimum Gasteiger partial charge on any atom is -0.337 e. The number of fused-ring (bicyclic) bond motifs is 1. The molecule has 0 radical (unpaired) electrons. The van der Waals surface area contributed by atoms with E-state index in [0.29, 0.717) is 11.6 Å². The lowest BCUT2D eigenvalue weighted by atomic mass is 10.2. The van der Waals surface area contributed by atoms with Crippen molar-refractivity contribution in [1.29, 1.82) is 0 Å². The maximum Gasteiger partial charge on any atom is 0.160 e. The number of rotatable bonds is 4. The van der Waals surface area contributed by atoms with Crippen LogP contribution in [0.2, 0.25) is 0 Å². The number of halogens is 1. The van der Waals surface area contributed by atoms with Gasteiger partial charge in [0.2, 0.25) is 0 Å². The van der Waals surface area contributed by atoms with Crippen molar-refractivity contribution >= 4 is 22.5 Å². The summed E-state index contributed by atoms with van der Waals surface area (Å²) in [5.41, 5.74) is 4.34. The molecule has 5 aromatic rings. The van der Waals surface area contributed by atoms with Gasteiger partial charge in [-0.1, -0.05) is 6.07 Å². The Labute approximate surface area is 171 Å². The second-order valence-corrected chi connectivity index (χ2v) is 7.00. The van der Waals surface area contributed by atoms with Gasteiger partial charge in [0, 0.05) is 18.8 Å². The summed E-state index contributed by atoms with van der Waals surface area (Å²) in [4.78, 5) is 9.00. The molecule has 2 aromatic carbocycles. The Morgan fingerprint density at radius 2 is 1.80 bits per heavy atom. The molecule has 8 heteroatoms. The van der Waals surface area contributed by atoms with Gasteiger partial charge in [-0.05, 0) is 55.5 Å². The zero-order valence-electron chi connectivity index (χ0n) is 16.4. The van der Waals surface area contributed by atoms with Crippen molar-refractivity contribution in [3.8, 4) is 17.2 Å². The van der Waals surface area contributed by atoms with E-state index in [1.807, 2.05) is 59.6 Å². The third-order valence-electron chi connectivity index (χ3n) is 4.90. The summed E-state index contributed by atoms with van der Waals surface area (Å²) < 4.78 is 17.1. The molecule has 5 rings (SSSR count). The summed E-state index contributed by atoms with van der Waals surface area (Å²) in [6.45, 7) is 1.92. The maximum atomic E-state index is 13.3. The first-order valence-corrected chi connectivity index (χ1v) is 9.41. The molecule has 0 atom stereocenters.